The zero-order valence-electron chi connectivity index (χ0n) is 47.3. The van der Waals surface area contributed by atoms with Crippen LogP contribution in [0.25, 0.3) is 0 Å². The number of esters is 3. The fourth-order valence-corrected chi connectivity index (χ4v) is 7.99. The molecule has 0 aromatic heterocycles. The van der Waals surface area contributed by atoms with Gasteiger partial charge >= 0.3 is 45.4 Å². The monoisotopic (exact) mass is 1160 g/mol. The first-order chi connectivity index (χ1) is 34.9. The van der Waals surface area contributed by atoms with Gasteiger partial charge in [-0.1, -0.05) is 211 Å². The third kappa shape index (κ3) is 81.0. The first-order valence-corrected chi connectivity index (χ1v) is 34.9. The molecular formula is C61H118O6S3Sn. The molecule has 2 radical (unpaired) electrons. The van der Waals surface area contributed by atoms with Gasteiger partial charge in [-0.25, -0.2) is 0 Å². The third-order valence-electron chi connectivity index (χ3n) is 12.0. The van der Waals surface area contributed by atoms with Crippen LogP contribution in [0.4, 0.5) is 0 Å². The van der Waals surface area contributed by atoms with Gasteiger partial charge in [-0.15, -0.1) is 0 Å². The van der Waals surface area contributed by atoms with E-state index in [0.717, 1.165) is 38.5 Å². The number of hydrogen-bond acceptors (Lipinski definition) is 9. The maximum absolute atomic E-state index is 11.3. The van der Waals surface area contributed by atoms with Crippen LogP contribution in [0.15, 0.2) is 36.5 Å². The minimum absolute atomic E-state index is 0.0725. The van der Waals surface area contributed by atoms with Gasteiger partial charge in [0.25, 0.3) is 0 Å². The molecule has 0 unspecified atom stereocenters. The zero-order chi connectivity index (χ0) is 53.0. The van der Waals surface area contributed by atoms with Crippen molar-refractivity contribution < 1.29 is 28.6 Å². The number of ether oxygens (including phenoxy) is 3. The summed E-state index contributed by atoms with van der Waals surface area (Å²) >= 11 is 13.4. The molecule has 0 aromatic rings. The van der Waals surface area contributed by atoms with Crippen molar-refractivity contribution in [2.45, 2.75) is 295 Å². The molecule has 0 spiro atoms. The SMILES string of the molecule is CCCCCCCC/C=C\CCCCCCCC(=O)OCCS.CCCCCCCC/C=C\CCCCCCCC(=O)OCCS.CCCCCCCC/C=C\CCCCCCCC(=O)OCCS.[CH3][SnH]. The summed E-state index contributed by atoms with van der Waals surface area (Å²) in [6, 6.07) is 0. The predicted molar refractivity (Wildman–Crippen MR) is 326 cm³/mol. The molecule has 0 saturated carbocycles. The van der Waals surface area contributed by atoms with Gasteiger partial charge in [0.05, 0.1) is 0 Å². The van der Waals surface area contributed by atoms with Gasteiger partial charge in [-0.2, -0.15) is 37.9 Å². The van der Waals surface area contributed by atoms with Crippen molar-refractivity contribution in [1.82, 2.24) is 0 Å². The average Bonchev–Trinajstić information content (AvgIpc) is 3.38. The van der Waals surface area contributed by atoms with Crippen molar-refractivity contribution in [3.63, 3.8) is 0 Å². The van der Waals surface area contributed by atoms with E-state index in [4.69, 9.17) is 14.2 Å². The molecule has 0 amide bonds. The van der Waals surface area contributed by atoms with Crippen molar-refractivity contribution in [2.75, 3.05) is 37.1 Å². The Balaban J connectivity index is -0.000000465. The number of thiol groups is 3. The Hall–Kier alpha value is -0.521. The first-order valence-electron chi connectivity index (χ1n) is 29.7. The van der Waals surface area contributed by atoms with Crippen LogP contribution in [-0.4, -0.2) is 77.5 Å². The van der Waals surface area contributed by atoms with E-state index in [9.17, 15) is 14.4 Å². The number of hydrogen-bond donors (Lipinski definition) is 3. The molecule has 0 atom stereocenters. The maximum atomic E-state index is 11.3. The fourth-order valence-electron chi connectivity index (χ4n) is 7.72. The number of carbonyl (C=O) groups excluding carboxylic acids is 3. The van der Waals surface area contributed by atoms with E-state index in [0.29, 0.717) is 56.3 Å². The van der Waals surface area contributed by atoms with Crippen LogP contribution in [0.3, 0.4) is 0 Å². The number of unbranched alkanes of at least 4 members (excludes halogenated alkanes) is 33. The Labute approximate surface area is 472 Å². The number of allylic oxidation sites excluding steroid dienone is 6. The summed E-state index contributed by atoms with van der Waals surface area (Å²) in [5, 5.41) is 0. The van der Waals surface area contributed by atoms with E-state index >= 15 is 0 Å². The van der Waals surface area contributed by atoms with Crippen molar-refractivity contribution in [2.24, 2.45) is 0 Å². The van der Waals surface area contributed by atoms with Gasteiger partial charge in [-0.05, 0) is 96.3 Å². The van der Waals surface area contributed by atoms with E-state index in [1.165, 1.54) is 234 Å². The predicted octanol–water partition coefficient (Wildman–Crippen LogP) is 19.4. The average molecular weight is 1160 g/mol. The molecule has 0 saturated heterocycles. The van der Waals surface area contributed by atoms with Crippen LogP contribution in [0.5, 0.6) is 0 Å². The van der Waals surface area contributed by atoms with Crippen LogP contribution in [0.1, 0.15) is 290 Å². The fraction of sp³-hybridized carbons (Fsp3) is 0.852. The summed E-state index contributed by atoms with van der Waals surface area (Å²) in [6.07, 6.45) is 65.6. The van der Waals surface area contributed by atoms with Gasteiger partial charge in [0.15, 0.2) is 0 Å². The van der Waals surface area contributed by atoms with Gasteiger partial charge in [0, 0.05) is 36.5 Å². The molecule has 0 fully saturated rings. The standard InChI is InChI=1S/3C20H38O2S.CH3.Sn.H/c3*1-2-3-4-5-6-7-8-9-10-11-12-13-14-15-16-17-20(21)22-18-19-23;;;/h3*9-10,23H,2-8,11-19H2,1H3;1H3;;/b3*10-9-;;;. The van der Waals surface area contributed by atoms with Crippen LogP contribution >= 0.6 is 37.9 Å². The van der Waals surface area contributed by atoms with Crippen LogP contribution in [-0.2, 0) is 28.6 Å². The number of rotatable bonds is 51. The minimum atomic E-state index is -0.0725. The summed E-state index contributed by atoms with van der Waals surface area (Å²) in [7, 11) is 0. The molecule has 0 rings (SSSR count). The van der Waals surface area contributed by atoms with Gasteiger partial charge in [0.2, 0.25) is 0 Å². The zero-order valence-corrected chi connectivity index (χ0v) is 53.3. The number of carbonyl (C=O) groups is 3. The van der Waals surface area contributed by atoms with E-state index in [-0.39, 0.29) is 17.9 Å². The molecular weight excluding hydrogens is 1040 g/mol. The molecule has 0 aliphatic heterocycles. The van der Waals surface area contributed by atoms with Gasteiger partial charge in [0.1, 0.15) is 19.8 Å². The van der Waals surface area contributed by atoms with Gasteiger partial charge in [-0.3, -0.25) is 14.4 Å². The molecule has 0 bridgehead atoms. The second-order valence-corrected chi connectivity index (χ2v) is 20.2. The van der Waals surface area contributed by atoms with Crippen LogP contribution < -0.4 is 0 Å². The summed E-state index contributed by atoms with van der Waals surface area (Å²) < 4.78 is 15.0. The molecule has 6 nitrogen and oxygen atoms in total. The summed E-state index contributed by atoms with van der Waals surface area (Å²) in [5.41, 5.74) is 0. The third-order valence-corrected chi connectivity index (χ3v) is 12.5. The molecule has 71 heavy (non-hydrogen) atoms. The Morgan fingerprint density at radius 2 is 0.465 bits per heavy atom. The van der Waals surface area contributed by atoms with E-state index < -0.39 is 0 Å². The second kappa shape index (κ2) is 76.0. The summed E-state index contributed by atoms with van der Waals surface area (Å²) in [6.45, 7) is 8.11. The molecule has 0 N–H and O–H groups in total. The van der Waals surface area contributed by atoms with Crippen molar-refractivity contribution in [1.29, 1.82) is 0 Å². The van der Waals surface area contributed by atoms with Crippen LogP contribution in [0.2, 0.25) is 4.94 Å². The molecule has 10 heteroatoms. The Morgan fingerprint density at radius 1 is 0.296 bits per heavy atom. The summed E-state index contributed by atoms with van der Waals surface area (Å²) in [4.78, 5) is 35.9. The summed E-state index contributed by atoms with van der Waals surface area (Å²) in [5.74, 6) is 1.61. The normalized spacial score (nSPS) is 11.0. The van der Waals surface area contributed by atoms with E-state index in [1.54, 1.807) is 0 Å². The van der Waals surface area contributed by atoms with Crippen molar-refractivity contribution >= 4 is 78.3 Å². The molecule has 420 valence electrons. The van der Waals surface area contributed by atoms with Gasteiger partial charge < -0.3 is 14.2 Å². The van der Waals surface area contributed by atoms with Crippen molar-refractivity contribution in [3.8, 4) is 0 Å². The Kier molecular flexibility index (Phi) is 82.4. The molecule has 0 heterocycles. The first kappa shape index (κ1) is 77.0. The van der Waals surface area contributed by atoms with E-state index in [1.807, 2.05) is 0 Å². The molecule has 0 aliphatic rings. The Morgan fingerprint density at radius 3 is 0.648 bits per heavy atom. The van der Waals surface area contributed by atoms with E-state index in [2.05, 4.69) is 100 Å². The second-order valence-electron chi connectivity index (χ2n) is 18.8. The molecule has 0 aromatic carbocycles. The van der Waals surface area contributed by atoms with Crippen LogP contribution in [0, 0.1) is 0 Å². The quantitative estimate of drug-likeness (QED) is 0.0141. The Bertz CT molecular complexity index is 971. The van der Waals surface area contributed by atoms with Crippen molar-refractivity contribution in [3.05, 3.63) is 36.5 Å². The molecule has 0 aliphatic carbocycles. The topological polar surface area (TPSA) is 78.9 Å².